The summed E-state index contributed by atoms with van der Waals surface area (Å²) in [7, 11) is -3.30. The molecule has 3 rings (SSSR count). The molecular weight excluding hydrogens is 384 g/mol. The Hall–Kier alpha value is -2.18. The van der Waals surface area contributed by atoms with E-state index in [1.54, 1.807) is 28.6 Å². The Kier molecular flexibility index (Phi) is 7.09. The molecule has 1 heterocycles. The summed E-state index contributed by atoms with van der Waals surface area (Å²) >= 11 is 0. The van der Waals surface area contributed by atoms with Crippen LogP contribution in [-0.2, 0) is 15.8 Å². The summed E-state index contributed by atoms with van der Waals surface area (Å²) in [5.41, 5.74) is 3.51. The number of nitrogens with one attached hydrogen (secondary N) is 1. The fourth-order valence-electron chi connectivity index (χ4n) is 3.66. The average molecular weight is 415 g/mol. The molecule has 0 aromatic heterocycles. The Morgan fingerprint density at radius 3 is 2.21 bits per heavy atom. The molecular formula is C23H30N2O3S. The van der Waals surface area contributed by atoms with Gasteiger partial charge in [0.15, 0.2) is 0 Å². The monoisotopic (exact) mass is 414 g/mol. The van der Waals surface area contributed by atoms with Gasteiger partial charge in [-0.25, -0.2) is 12.7 Å². The predicted octanol–water partition coefficient (Wildman–Crippen LogP) is 4.19. The topological polar surface area (TPSA) is 66.5 Å². The second kappa shape index (κ2) is 9.55. The highest BCUT2D eigenvalue weighted by atomic mass is 32.2. The number of sulfonamides is 1. The summed E-state index contributed by atoms with van der Waals surface area (Å²) in [4.78, 5) is 12.7. The first-order chi connectivity index (χ1) is 13.9. The molecule has 6 heteroatoms. The van der Waals surface area contributed by atoms with Gasteiger partial charge in [0.1, 0.15) is 0 Å². The SMILES string of the molecule is CC[C@@H](NC(=O)c1ccc(CS(=O)(=O)N2CCCCC2)cc1)c1ccc(C)cc1. The maximum atomic E-state index is 12.7. The zero-order valence-corrected chi connectivity index (χ0v) is 18.0. The van der Waals surface area contributed by atoms with E-state index in [0.717, 1.165) is 31.2 Å². The zero-order chi connectivity index (χ0) is 20.9. The number of carbonyl (C=O) groups excluding carboxylic acids is 1. The fourth-order valence-corrected chi connectivity index (χ4v) is 5.27. The number of carbonyl (C=O) groups is 1. The lowest BCUT2D eigenvalue weighted by molar-refractivity contribution is 0.0935. The van der Waals surface area contributed by atoms with Crippen molar-refractivity contribution < 1.29 is 13.2 Å². The van der Waals surface area contributed by atoms with E-state index < -0.39 is 10.0 Å². The number of nitrogens with zero attached hydrogens (tertiary/aromatic N) is 1. The predicted molar refractivity (Wildman–Crippen MR) is 116 cm³/mol. The fraction of sp³-hybridized carbons (Fsp3) is 0.435. The summed E-state index contributed by atoms with van der Waals surface area (Å²) in [6.07, 6.45) is 3.74. The van der Waals surface area contributed by atoms with Gasteiger partial charge in [0.25, 0.3) is 5.91 Å². The van der Waals surface area contributed by atoms with Crippen LogP contribution in [0.3, 0.4) is 0 Å². The normalized spacial score (nSPS) is 16.3. The molecule has 0 saturated carbocycles. The van der Waals surface area contributed by atoms with Crippen LogP contribution in [0.4, 0.5) is 0 Å². The number of hydrogen-bond donors (Lipinski definition) is 1. The minimum absolute atomic E-state index is 0.0180. The number of rotatable bonds is 7. The Morgan fingerprint density at radius 2 is 1.62 bits per heavy atom. The van der Waals surface area contributed by atoms with Crippen molar-refractivity contribution in [3.8, 4) is 0 Å². The molecule has 29 heavy (non-hydrogen) atoms. The van der Waals surface area contributed by atoms with Crippen LogP contribution in [0, 0.1) is 6.92 Å². The number of aryl methyl sites for hydroxylation is 1. The summed E-state index contributed by atoms with van der Waals surface area (Å²) < 4.78 is 26.8. The Labute approximate surface area is 174 Å². The molecule has 0 radical (unpaired) electrons. The van der Waals surface area contributed by atoms with Gasteiger partial charge in [-0.2, -0.15) is 0 Å². The van der Waals surface area contributed by atoms with E-state index in [-0.39, 0.29) is 17.7 Å². The molecule has 0 bridgehead atoms. The Balaban J connectivity index is 1.64. The van der Waals surface area contributed by atoms with Gasteiger partial charge in [0.2, 0.25) is 10.0 Å². The second-order valence-electron chi connectivity index (χ2n) is 7.76. The molecule has 1 aliphatic heterocycles. The first kappa shape index (κ1) is 21.5. The lowest BCUT2D eigenvalue weighted by Crippen LogP contribution is -2.36. The molecule has 1 N–H and O–H groups in total. The summed E-state index contributed by atoms with van der Waals surface area (Å²) in [6, 6.07) is 15.0. The van der Waals surface area contributed by atoms with Gasteiger partial charge in [-0.1, -0.05) is 55.3 Å². The largest absolute Gasteiger partial charge is 0.345 e. The molecule has 0 unspecified atom stereocenters. The standard InChI is InChI=1S/C23H30N2O3S/c1-3-22(20-11-7-18(2)8-12-20)24-23(26)21-13-9-19(10-14-21)17-29(27,28)25-15-5-4-6-16-25/h7-14,22H,3-6,15-17H2,1-2H3,(H,24,26)/t22-/m1/s1. The molecule has 0 aliphatic carbocycles. The lowest BCUT2D eigenvalue weighted by atomic mass is 10.0. The molecule has 1 fully saturated rings. The van der Waals surface area contributed by atoms with Crippen molar-refractivity contribution in [1.82, 2.24) is 9.62 Å². The van der Waals surface area contributed by atoms with Gasteiger partial charge in [-0.15, -0.1) is 0 Å². The zero-order valence-electron chi connectivity index (χ0n) is 17.2. The molecule has 1 atom stereocenters. The van der Waals surface area contributed by atoms with Gasteiger partial charge in [0.05, 0.1) is 11.8 Å². The van der Waals surface area contributed by atoms with E-state index in [1.165, 1.54) is 5.56 Å². The van der Waals surface area contributed by atoms with E-state index in [4.69, 9.17) is 0 Å². The van der Waals surface area contributed by atoms with Crippen molar-refractivity contribution in [2.24, 2.45) is 0 Å². The first-order valence-corrected chi connectivity index (χ1v) is 11.9. The quantitative estimate of drug-likeness (QED) is 0.739. The molecule has 1 amide bonds. The summed E-state index contributed by atoms with van der Waals surface area (Å²) in [6.45, 7) is 5.30. The van der Waals surface area contributed by atoms with Crippen LogP contribution < -0.4 is 5.32 Å². The maximum Gasteiger partial charge on any atom is 0.251 e. The lowest BCUT2D eigenvalue weighted by Gasteiger charge is -2.25. The number of hydrogen-bond acceptors (Lipinski definition) is 3. The van der Waals surface area contributed by atoms with E-state index in [2.05, 4.69) is 5.32 Å². The third-order valence-electron chi connectivity index (χ3n) is 5.47. The van der Waals surface area contributed by atoms with Crippen LogP contribution in [0.5, 0.6) is 0 Å². The summed E-state index contributed by atoms with van der Waals surface area (Å²) in [5, 5.41) is 3.07. The van der Waals surface area contributed by atoms with Crippen molar-refractivity contribution >= 4 is 15.9 Å². The van der Waals surface area contributed by atoms with Gasteiger partial charge >= 0.3 is 0 Å². The van der Waals surface area contributed by atoms with Crippen molar-refractivity contribution in [2.45, 2.75) is 51.3 Å². The van der Waals surface area contributed by atoms with E-state index >= 15 is 0 Å². The third-order valence-corrected chi connectivity index (χ3v) is 7.32. The Bertz CT molecular complexity index is 916. The highest BCUT2D eigenvalue weighted by molar-refractivity contribution is 7.88. The van der Waals surface area contributed by atoms with Gasteiger partial charge in [-0.05, 0) is 49.4 Å². The maximum absolute atomic E-state index is 12.7. The van der Waals surface area contributed by atoms with Crippen LogP contribution in [0.1, 0.15) is 65.7 Å². The highest BCUT2D eigenvalue weighted by Crippen LogP contribution is 2.20. The van der Waals surface area contributed by atoms with Crippen molar-refractivity contribution in [2.75, 3.05) is 13.1 Å². The van der Waals surface area contributed by atoms with Crippen LogP contribution in [0.15, 0.2) is 48.5 Å². The molecule has 1 aliphatic rings. The first-order valence-electron chi connectivity index (χ1n) is 10.3. The molecule has 5 nitrogen and oxygen atoms in total. The molecule has 0 spiro atoms. The van der Waals surface area contributed by atoms with Crippen LogP contribution >= 0.6 is 0 Å². The molecule has 1 saturated heterocycles. The van der Waals surface area contributed by atoms with E-state index in [9.17, 15) is 13.2 Å². The van der Waals surface area contributed by atoms with Crippen molar-refractivity contribution in [1.29, 1.82) is 0 Å². The number of piperidine rings is 1. The van der Waals surface area contributed by atoms with Crippen LogP contribution in [0.2, 0.25) is 0 Å². The Morgan fingerprint density at radius 1 is 1.00 bits per heavy atom. The van der Waals surface area contributed by atoms with Crippen LogP contribution in [0.25, 0.3) is 0 Å². The smallest absolute Gasteiger partial charge is 0.251 e. The van der Waals surface area contributed by atoms with Crippen LogP contribution in [-0.4, -0.2) is 31.7 Å². The summed E-state index contributed by atoms with van der Waals surface area (Å²) in [5.74, 6) is -0.168. The van der Waals surface area contributed by atoms with E-state index in [1.807, 2.05) is 38.1 Å². The second-order valence-corrected chi connectivity index (χ2v) is 9.73. The van der Waals surface area contributed by atoms with Crippen molar-refractivity contribution in [3.05, 3.63) is 70.8 Å². The van der Waals surface area contributed by atoms with Gasteiger partial charge in [-0.3, -0.25) is 4.79 Å². The van der Waals surface area contributed by atoms with Crippen molar-refractivity contribution in [3.63, 3.8) is 0 Å². The molecule has 156 valence electrons. The minimum Gasteiger partial charge on any atom is -0.345 e. The molecule has 2 aromatic rings. The van der Waals surface area contributed by atoms with Gasteiger partial charge in [0, 0.05) is 18.7 Å². The third kappa shape index (κ3) is 5.67. The average Bonchev–Trinajstić information content (AvgIpc) is 2.73. The van der Waals surface area contributed by atoms with Gasteiger partial charge < -0.3 is 5.32 Å². The highest BCUT2D eigenvalue weighted by Gasteiger charge is 2.24. The number of amides is 1. The molecule has 2 aromatic carbocycles. The number of benzene rings is 2. The minimum atomic E-state index is -3.30. The van der Waals surface area contributed by atoms with E-state index in [0.29, 0.717) is 24.2 Å².